The van der Waals surface area contributed by atoms with Crippen molar-refractivity contribution in [1.82, 2.24) is 0 Å². The number of ether oxygens (including phenoxy) is 3. The van der Waals surface area contributed by atoms with E-state index in [9.17, 15) is 14.4 Å². The molecule has 0 aliphatic carbocycles. The second kappa shape index (κ2) is 54.8. The number of hydrogen-bond donors (Lipinski definition) is 0. The van der Waals surface area contributed by atoms with Crippen molar-refractivity contribution in [2.75, 3.05) is 13.2 Å². The molecule has 0 rings (SSSR count). The Kier molecular flexibility index (Phi) is 53.2. The van der Waals surface area contributed by atoms with Gasteiger partial charge in [-0.3, -0.25) is 14.4 Å². The zero-order chi connectivity index (χ0) is 47.2. The quantitative estimate of drug-likeness (QED) is 0.0262. The molecule has 0 saturated carbocycles. The van der Waals surface area contributed by atoms with Crippen molar-refractivity contribution < 1.29 is 28.6 Å². The summed E-state index contributed by atoms with van der Waals surface area (Å²) in [6, 6.07) is 0. The number of hydrogen-bond acceptors (Lipinski definition) is 6. The van der Waals surface area contributed by atoms with Gasteiger partial charge in [-0.25, -0.2) is 0 Å². The van der Waals surface area contributed by atoms with Gasteiger partial charge in [-0.05, 0) is 44.9 Å². The van der Waals surface area contributed by atoms with E-state index in [-0.39, 0.29) is 31.1 Å². The predicted molar refractivity (Wildman–Crippen MR) is 280 cm³/mol. The number of esters is 3. The number of allylic oxidation sites excluding steroid dienone is 2. The van der Waals surface area contributed by atoms with E-state index in [1.165, 1.54) is 231 Å². The van der Waals surface area contributed by atoms with E-state index in [0.29, 0.717) is 19.3 Å². The van der Waals surface area contributed by atoms with E-state index in [0.717, 1.165) is 57.8 Å². The minimum Gasteiger partial charge on any atom is -0.462 e. The van der Waals surface area contributed by atoms with Crippen molar-refractivity contribution in [2.45, 2.75) is 335 Å². The van der Waals surface area contributed by atoms with Crippen LogP contribution in [-0.2, 0) is 28.6 Å². The molecule has 0 N–H and O–H groups in total. The van der Waals surface area contributed by atoms with Crippen molar-refractivity contribution in [2.24, 2.45) is 0 Å². The van der Waals surface area contributed by atoms with E-state index in [2.05, 4.69) is 32.9 Å². The third kappa shape index (κ3) is 53.0. The normalized spacial score (nSPS) is 12.0. The Morgan fingerprint density at radius 1 is 0.292 bits per heavy atom. The first-order valence-electron chi connectivity index (χ1n) is 29.2. The molecule has 0 aromatic carbocycles. The van der Waals surface area contributed by atoms with Gasteiger partial charge in [-0.2, -0.15) is 0 Å². The van der Waals surface area contributed by atoms with Crippen LogP contribution in [0.2, 0.25) is 0 Å². The molecule has 0 aromatic heterocycles. The Morgan fingerprint density at radius 3 is 0.785 bits per heavy atom. The summed E-state index contributed by atoms with van der Waals surface area (Å²) in [7, 11) is 0. The van der Waals surface area contributed by atoms with Gasteiger partial charge in [0.2, 0.25) is 0 Å². The summed E-state index contributed by atoms with van der Waals surface area (Å²) >= 11 is 0. The third-order valence-corrected chi connectivity index (χ3v) is 13.3. The first kappa shape index (κ1) is 63.1. The fourth-order valence-corrected chi connectivity index (χ4v) is 8.85. The lowest BCUT2D eigenvalue weighted by atomic mass is 10.0. The van der Waals surface area contributed by atoms with Crippen LogP contribution < -0.4 is 0 Å². The largest absolute Gasteiger partial charge is 0.462 e. The molecule has 0 heterocycles. The van der Waals surface area contributed by atoms with E-state index >= 15 is 0 Å². The first-order valence-corrected chi connectivity index (χ1v) is 29.2. The number of carbonyl (C=O) groups is 3. The van der Waals surface area contributed by atoms with Crippen LogP contribution in [0.5, 0.6) is 0 Å². The molecule has 0 saturated heterocycles. The monoisotopic (exact) mass is 917 g/mol. The summed E-state index contributed by atoms with van der Waals surface area (Å²) in [6.45, 7) is 6.68. The van der Waals surface area contributed by atoms with Crippen LogP contribution in [0.1, 0.15) is 329 Å². The highest BCUT2D eigenvalue weighted by Crippen LogP contribution is 2.17. The summed E-state index contributed by atoms with van der Waals surface area (Å²) in [5.74, 6) is -0.846. The lowest BCUT2D eigenvalue weighted by molar-refractivity contribution is -0.167. The average Bonchev–Trinajstić information content (AvgIpc) is 3.30. The number of carbonyl (C=O) groups excluding carboxylic acids is 3. The lowest BCUT2D eigenvalue weighted by Crippen LogP contribution is -2.30. The van der Waals surface area contributed by atoms with Crippen molar-refractivity contribution >= 4 is 17.9 Å². The van der Waals surface area contributed by atoms with Crippen molar-refractivity contribution in [3.63, 3.8) is 0 Å². The maximum Gasteiger partial charge on any atom is 0.306 e. The zero-order valence-corrected chi connectivity index (χ0v) is 44.0. The number of rotatable bonds is 54. The molecule has 0 amide bonds. The standard InChI is InChI=1S/C59H112O6/c1-4-7-10-13-16-19-22-25-27-28-29-30-32-34-37-40-43-46-49-52-58(61)64-55-56(54-63-57(60)51-48-45-42-39-36-33-24-21-18-15-12-9-6-3)65-59(62)53-50-47-44-41-38-35-31-26-23-20-17-14-11-8-5-2/h20,23,56H,4-19,21-22,24-55H2,1-3H3/b23-20-. The zero-order valence-electron chi connectivity index (χ0n) is 44.0. The minimum absolute atomic E-state index is 0.0657. The van der Waals surface area contributed by atoms with Gasteiger partial charge < -0.3 is 14.2 Å². The predicted octanol–water partition coefficient (Wildman–Crippen LogP) is 19.3. The van der Waals surface area contributed by atoms with Crippen molar-refractivity contribution in [1.29, 1.82) is 0 Å². The Morgan fingerprint density at radius 2 is 0.508 bits per heavy atom. The van der Waals surface area contributed by atoms with Crippen LogP contribution in [-0.4, -0.2) is 37.2 Å². The first-order chi connectivity index (χ1) is 32.0. The second-order valence-electron chi connectivity index (χ2n) is 19.9. The molecule has 65 heavy (non-hydrogen) atoms. The molecule has 1 unspecified atom stereocenters. The molecule has 0 radical (unpaired) electrons. The molecule has 0 aliphatic rings. The van der Waals surface area contributed by atoms with E-state index < -0.39 is 6.10 Å². The second-order valence-corrected chi connectivity index (χ2v) is 19.9. The maximum absolute atomic E-state index is 12.8. The van der Waals surface area contributed by atoms with Gasteiger partial charge in [0.15, 0.2) is 6.10 Å². The van der Waals surface area contributed by atoms with Crippen LogP contribution in [0, 0.1) is 0 Å². The SMILES string of the molecule is CCCCCC/C=C\CCCCCCCCCC(=O)OC(COC(=O)CCCCCCCCCCCCCCC)COC(=O)CCCCCCCCCCCCCCCCCCCCC. The Hall–Kier alpha value is -1.85. The van der Waals surface area contributed by atoms with E-state index in [1.807, 2.05) is 0 Å². The van der Waals surface area contributed by atoms with Gasteiger partial charge in [0.1, 0.15) is 13.2 Å². The minimum atomic E-state index is -0.766. The third-order valence-electron chi connectivity index (χ3n) is 13.3. The highest BCUT2D eigenvalue weighted by Gasteiger charge is 2.19. The van der Waals surface area contributed by atoms with Crippen LogP contribution in [0.3, 0.4) is 0 Å². The average molecular weight is 918 g/mol. The maximum atomic E-state index is 12.8. The smallest absolute Gasteiger partial charge is 0.306 e. The molecule has 0 spiro atoms. The summed E-state index contributed by atoms with van der Waals surface area (Å²) < 4.78 is 16.9. The topological polar surface area (TPSA) is 78.9 Å². The van der Waals surface area contributed by atoms with Crippen molar-refractivity contribution in [3.05, 3.63) is 12.2 Å². The molecule has 0 bridgehead atoms. The molecule has 6 heteroatoms. The summed E-state index contributed by atoms with van der Waals surface area (Å²) in [4.78, 5) is 38.1. The van der Waals surface area contributed by atoms with Gasteiger partial charge in [-0.15, -0.1) is 0 Å². The Balaban J connectivity index is 4.28. The molecule has 6 nitrogen and oxygen atoms in total. The fourth-order valence-electron chi connectivity index (χ4n) is 8.85. The number of unbranched alkanes of at least 4 members (excludes halogenated alkanes) is 41. The van der Waals surface area contributed by atoms with Crippen molar-refractivity contribution in [3.8, 4) is 0 Å². The van der Waals surface area contributed by atoms with Gasteiger partial charge in [0.25, 0.3) is 0 Å². The highest BCUT2D eigenvalue weighted by atomic mass is 16.6. The molecule has 0 aliphatic heterocycles. The summed E-state index contributed by atoms with van der Waals surface area (Å²) in [5, 5.41) is 0. The Bertz CT molecular complexity index is 1010. The summed E-state index contributed by atoms with van der Waals surface area (Å²) in [6.07, 6.45) is 62.0. The van der Waals surface area contributed by atoms with Gasteiger partial charge >= 0.3 is 17.9 Å². The Labute approximate surface area is 405 Å². The van der Waals surface area contributed by atoms with E-state index in [4.69, 9.17) is 14.2 Å². The van der Waals surface area contributed by atoms with Gasteiger partial charge in [0.05, 0.1) is 0 Å². The lowest BCUT2D eigenvalue weighted by Gasteiger charge is -2.18. The summed E-state index contributed by atoms with van der Waals surface area (Å²) in [5.41, 5.74) is 0. The van der Waals surface area contributed by atoms with Crippen LogP contribution in [0.25, 0.3) is 0 Å². The van der Waals surface area contributed by atoms with Crippen LogP contribution >= 0.6 is 0 Å². The van der Waals surface area contributed by atoms with Gasteiger partial charge in [-0.1, -0.05) is 277 Å². The molecule has 1 atom stereocenters. The molecule has 0 fully saturated rings. The van der Waals surface area contributed by atoms with Gasteiger partial charge in [0, 0.05) is 19.3 Å². The van der Waals surface area contributed by atoms with Crippen LogP contribution in [0.4, 0.5) is 0 Å². The van der Waals surface area contributed by atoms with E-state index in [1.54, 1.807) is 0 Å². The van der Waals surface area contributed by atoms with Crippen LogP contribution in [0.15, 0.2) is 12.2 Å². The highest BCUT2D eigenvalue weighted by molar-refractivity contribution is 5.71. The molecular formula is C59H112O6. The molecule has 384 valence electrons. The molecule has 0 aromatic rings. The molecular weight excluding hydrogens is 805 g/mol. The fraction of sp³-hybridized carbons (Fsp3) is 0.915.